The lowest BCUT2D eigenvalue weighted by molar-refractivity contribution is 0.192. The third kappa shape index (κ3) is 6.69. The number of benzene rings is 1. The summed E-state index contributed by atoms with van der Waals surface area (Å²) in [7, 11) is 0. The van der Waals surface area contributed by atoms with Crippen LogP contribution in [0.25, 0.3) is 0 Å². The topological polar surface area (TPSA) is 70.6 Å². The van der Waals surface area contributed by atoms with E-state index < -0.39 is 0 Å². The Morgan fingerprint density at radius 3 is 2.48 bits per heavy atom. The zero-order chi connectivity index (χ0) is 15.8. The van der Waals surface area contributed by atoms with E-state index in [-0.39, 0.29) is 30.7 Å². The van der Waals surface area contributed by atoms with Gasteiger partial charge in [0.2, 0.25) is 0 Å². The van der Waals surface area contributed by atoms with Gasteiger partial charge in [-0.05, 0) is 44.0 Å². The van der Waals surface area contributed by atoms with E-state index >= 15 is 0 Å². The van der Waals surface area contributed by atoms with Gasteiger partial charge in [-0.3, -0.25) is 0 Å². The Hall–Kier alpha value is -1.46. The second kappa shape index (κ2) is 8.74. The fraction of sp³-hybridized carbons (Fsp3) is 0.533. The van der Waals surface area contributed by atoms with Crippen molar-refractivity contribution in [2.75, 3.05) is 13.2 Å². The Morgan fingerprint density at radius 2 is 1.90 bits per heavy atom. The second-order valence-electron chi connectivity index (χ2n) is 5.19. The van der Waals surface area contributed by atoms with Gasteiger partial charge in [0, 0.05) is 17.7 Å². The highest BCUT2D eigenvalue weighted by Crippen LogP contribution is 2.16. The Morgan fingerprint density at radius 1 is 1.29 bits per heavy atom. The van der Waals surface area contributed by atoms with Crippen LogP contribution in [0.3, 0.4) is 0 Å². The first-order chi connectivity index (χ1) is 9.92. The SMILES string of the molecule is CC(CNC(=O)NC(C)C(C)CO)Oc1ccc(Cl)cc1. The van der Waals surface area contributed by atoms with E-state index in [0.717, 1.165) is 0 Å². The minimum atomic E-state index is -0.269. The van der Waals surface area contributed by atoms with Crippen LogP contribution in [0, 0.1) is 5.92 Å². The lowest BCUT2D eigenvalue weighted by atomic mass is 10.1. The van der Waals surface area contributed by atoms with Gasteiger partial charge < -0.3 is 20.5 Å². The number of carbonyl (C=O) groups is 1. The van der Waals surface area contributed by atoms with Crippen LogP contribution in [0.2, 0.25) is 5.02 Å². The third-order valence-electron chi connectivity index (χ3n) is 3.20. The Bertz CT molecular complexity index is 439. The van der Waals surface area contributed by atoms with Gasteiger partial charge >= 0.3 is 6.03 Å². The van der Waals surface area contributed by atoms with Crippen LogP contribution < -0.4 is 15.4 Å². The maximum absolute atomic E-state index is 11.7. The summed E-state index contributed by atoms with van der Waals surface area (Å²) in [5.74, 6) is 0.717. The van der Waals surface area contributed by atoms with Crippen LogP contribution in [-0.4, -0.2) is 36.4 Å². The Balaban J connectivity index is 2.30. The van der Waals surface area contributed by atoms with Crippen molar-refractivity contribution in [1.82, 2.24) is 10.6 Å². The molecule has 1 aromatic rings. The first kappa shape index (κ1) is 17.6. The summed E-state index contributed by atoms with van der Waals surface area (Å²) in [5.41, 5.74) is 0. The molecule has 0 fully saturated rings. The highest BCUT2D eigenvalue weighted by molar-refractivity contribution is 6.30. The van der Waals surface area contributed by atoms with Crippen LogP contribution in [0.5, 0.6) is 5.75 Å². The summed E-state index contributed by atoms with van der Waals surface area (Å²) in [5, 5.41) is 15.2. The molecule has 0 aromatic heterocycles. The van der Waals surface area contributed by atoms with E-state index in [1.807, 2.05) is 20.8 Å². The van der Waals surface area contributed by atoms with E-state index in [0.29, 0.717) is 17.3 Å². The van der Waals surface area contributed by atoms with E-state index in [9.17, 15) is 4.79 Å². The van der Waals surface area contributed by atoms with Crippen LogP contribution in [0.4, 0.5) is 4.79 Å². The fourth-order valence-corrected chi connectivity index (χ4v) is 1.71. The molecule has 0 heterocycles. The summed E-state index contributed by atoms with van der Waals surface area (Å²) in [6.07, 6.45) is -0.164. The smallest absolute Gasteiger partial charge is 0.315 e. The molecule has 0 aliphatic heterocycles. The molecule has 6 heteroatoms. The van der Waals surface area contributed by atoms with Gasteiger partial charge in [-0.1, -0.05) is 18.5 Å². The molecule has 0 aliphatic rings. The van der Waals surface area contributed by atoms with E-state index in [4.69, 9.17) is 21.4 Å². The molecule has 1 aromatic carbocycles. The predicted molar refractivity (Wildman–Crippen MR) is 83.8 cm³/mol. The van der Waals surface area contributed by atoms with Gasteiger partial charge in [-0.25, -0.2) is 4.79 Å². The molecule has 0 aliphatic carbocycles. The van der Waals surface area contributed by atoms with Gasteiger partial charge in [0.15, 0.2) is 0 Å². The van der Waals surface area contributed by atoms with Crippen molar-refractivity contribution in [2.45, 2.75) is 32.9 Å². The molecule has 0 radical (unpaired) electrons. The maximum Gasteiger partial charge on any atom is 0.315 e. The Labute approximate surface area is 130 Å². The number of halogens is 1. The van der Waals surface area contributed by atoms with Crippen molar-refractivity contribution >= 4 is 17.6 Å². The van der Waals surface area contributed by atoms with Crippen molar-refractivity contribution in [3.8, 4) is 5.75 Å². The zero-order valence-corrected chi connectivity index (χ0v) is 13.4. The molecule has 5 nitrogen and oxygen atoms in total. The quantitative estimate of drug-likeness (QED) is 0.724. The van der Waals surface area contributed by atoms with Crippen LogP contribution in [0.1, 0.15) is 20.8 Å². The highest BCUT2D eigenvalue weighted by Gasteiger charge is 2.14. The number of aliphatic hydroxyl groups excluding tert-OH is 1. The number of carbonyl (C=O) groups excluding carboxylic acids is 1. The maximum atomic E-state index is 11.7. The summed E-state index contributed by atoms with van der Waals surface area (Å²) in [6, 6.07) is 6.70. The van der Waals surface area contributed by atoms with Gasteiger partial charge in [-0.2, -0.15) is 0 Å². The molecule has 2 amide bonds. The van der Waals surface area contributed by atoms with Gasteiger partial charge in [0.05, 0.1) is 6.54 Å². The average Bonchev–Trinajstić information content (AvgIpc) is 2.46. The monoisotopic (exact) mass is 314 g/mol. The lowest BCUT2D eigenvalue weighted by Gasteiger charge is -2.21. The van der Waals surface area contributed by atoms with E-state index in [2.05, 4.69) is 10.6 Å². The molecule has 21 heavy (non-hydrogen) atoms. The largest absolute Gasteiger partial charge is 0.489 e. The minimum Gasteiger partial charge on any atom is -0.489 e. The molecular weight excluding hydrogens is 292 g/mol. The van der Waals surface area contributed by atoms with E-state index in [1.54, 1.807) is 24.3 Å². The molecule has 0 saturated carbocycles. The zero-order valence-electron chi connectivity index (χ0n) is 12.6. The van der Waals surface area contributed by atoms with E-state index in [1.165, 1.54) is 0 Å². The number of nitrogens with one attached hydrogen (secondary N) is 2. The summed E-state index contributed by atoms with van der Waals surface area (Å²) < 4.78 is 5.65. The molecule has 0 spiro atoms. The van der Waals surface area contributed by atoms with Gasteiger partial charge in [-0.15, -0.1) is 0 Å². The molecular formula is C15H23ClN2O3. The number of amides is 2. The summed E-state index contributed by atoms with van der Waals surface area (Å²) in [4.78, 5) is 11.7. The summed E-state index contributed by atoms with van der Waals surface area (Å²) >= 11 is 5.80. The van der Waals surface area contributed by atoms with Crippen molar-refractivity contribution in [3.63, 3.8) is 0 Å². The molecule has 3 N–H and O–H groups in total. The van der Waals surface area contributed by atoms with Crippen LogP contribution in [0.15, 0.2) is 24.3 Å². The first-order valence-corrected chi connectivity index (χ1v) is 7.37. The number of hydrogen-bond acceptors (Lipinski definition) is 3. The molecule has 3 atom stereocenters. The number of rotatable bonds is 7. The number of aliphatic hydroxyl groups is 1. The highest BCUT2D eigenvalue weighted by atomic mass is 35.5. The van der Waals surface area contributed by atoms with Crippen LogP contribution in [-0.2, 0) is 0 Å². The second-order valence-corrected chi connectivity index (χ2v) is 5.62. The number of urea groups is 1. The minimum absolute atomic E-state index is 0.0125. The summed E-state index contributed by atoms with van der Waals surface area (Å²) in [6.45, 7) is 6.02. The van der Waals surface area contributed by atoms with Crippen molar-refractivity contribution in [1.29, 1.82) is 0 Å². The van der Waals surface area contributed by atoms with Gasteiger partial charge in [0.1, 0.15) is 11.9 Å². The molecule has 118 valence electrons. The van der Waals surface area contributed by atoms with Gasteiger partial charge in [0.25, 0.3) is 0 Å². The Kier molecular flexibility index (Phi) is 7.32. The predicted octanol–water partition coefficient (Wildman–Crippen LogP) is 2.42. The molecule has 3 unspecified atom stereocenters. The number of ether oxygens (including phenoxy) is 1. The fourth-order valence-electron chi connectivity index (χ4n) is 1.58. The molecule has 1 rings (SSSR count). The molecule has 0 bridgehead atoms. The van der Waals surface area contributed by atoms with Crippen molar-refractivity contribution < 1.29 is 14.6 Å². The van der Waals surface area contributed by atoms with Crippen molar-refractivity contribution in [2.24, 2.45) is 5.92 Å². The normalized spacial score (nSPS) is 14.9. The van der Waals surface area contributed by atoms with Crippen LogP contribution >= 0.6 is 11.6 Å². The van der Waals surface area contributed by atoms with Crippen molar-refractivity contribution in [3.05, 3.63) is 29.3 Å². The standard InChI is InChI=1S/C15H23ClN2O3/c1-10(9-19)12(3)18-15(20)17-8-11(2)21-14-6-4-13(16)5-7-14/h4-7,10-12,19H,8-9H2,1-3H3,(H2,17,18,20). The average molecular weight is 315 g/mol. The first-order valence-electron chi connectivity index (χ1n) is 6.99. The number of hydrogen-bond donors (Lipinski definition) is 3. The molecule has 0 saturated heterocycles. The lowest BCUT2D eigenvalue weighted by Crippen LogP contribution is -2.46. The third-order valence-corrected chi connectivity index (χ3v) is 3.45.